The van der Waals surface area contributed by atoms with E-state index in [-0.39, 0.29) is 6.04 Å². The molecule has 0 spiro atoms. The molecule has 0 radical (unpaired) electrons. The Balaban J connectivity index is 1.84. The van der Waals surface area contributed by atoms with Crippen LogP contribution < -0.4 is 16.0 Å². The number of amides is 3. The van der Waals surface area contributed by atoms with Crippen molar-refractivity contribution < 1.29 is 19.1 Å². The minimum Gasteiger partial charge on any atom is -0.449 e. The van der Waals surface area contributed by atoms with E-state index in [1.165, 1.54) is 13.3 Å². The van der Waals surface area contributed by atoms with Gasteiger partial charge in [0.2, 0.25) is 0 Å². The normalized spacial score (nSPS) is 15.8. The lowest BCUT2D eigenvalue weighted by molar-refractivity contribution is -0.127. The average molecular weight is 347 g/mol. The Morgan fingerprint density at radius 1 is 1.12 bits per heavy atom. The third-order valence-corrected chi connectivity index (χ3v) is 4.25. The van der Waals surface area contributed by atoms with E-state index >= 15 is 0 Å². The number of hydrogen-bond acceptors (Lipinski definition) is 5. The fourth-order valence-corrected chi connectivity index (χ4v) is 2.84. The molecule has 0 saturated heterocycles. The lowest BCUT2D eigenvalue weighted by atomic mass is 9.96. The number of carbonyl (C=O) groups excluding carboxylic acids is 3. The lowest BCUT2D eigenvalue weighted by Gasteiger charge is -2.23. The van der Waals surface area contributed by atoms with Crippen LogP contribution in [0.25, 0.3) is 0 Å². The van der Waals surface area contributed by atoms with Gasteiger partial charge in [-0.3, -0.25) is 10.1 Å². The zero-order valence-corrected chi connectivity index (χ0v) is 14.6. The van der Waals surface area contributed by atoms with Gasteiger partial charge in [-0.2, -0.15) is 0 Å². The van der Waals surface area contributed by atoms with E-state index in [1.54, 1.807) is 31.3 Å². The summed E-state index contributed by atoms with van der Waals surface area (Å²) in [7, 11) is 1.69. The predicted molar refractivity (Wildman–Crippen MR) is 94.4 cm³/mol. The maximum absolute atomic E-state index is 12.2. The molecule has 0 unspecified atom stereocenters. The van der Waals surface area contributed by atoms with Crippen molar-refractivity contribution in [2.45, 2.75) is 51.2 Å². The van der Waals surface area contributed by atoms with Crippen molar-refractivity contribution in [1.82, 2.24) is 10.6 Å². The molecule has 1 aliphatic carbocycles. The molecular formula is C18H25N3O4. The molecule has 136 valence electrons. The summed E-state index contributed by atoms with van der Waals surface area (Å²) in [5, 5.41) is 7.91. The minimum absolute atomic E-state index is 0.0990. The van der Waals surface area contributed by atoms with Crippen molar-refractivity contribution in [2.75, 3.05) is 12.4 Å². The number of carbonyl (C=O) groups is 3. The Hall–Kier alpha value is -2.57. The second-order valence-electron chi connectivity index (χ2n) is 6.14. The van der Waals surface area contributed by atoms with Gasteiger partial charge in [-0.25, -0.2) is 9.59 Å². The van der Waals surface area contributed by atoms with Crippen LogP contribution in [0, 0.1) is 0 Å². The van der Waals surface area contributed by atoms with Gasteiger partial charge in [0.05, 0.1) is 5.56 Å². The number of ether oxygens (including phenoxy) is 1. The Labute approximate surface area is 147 Å². The molecule has 3 N–H and O–H groups in total. The minimum atomic E-state index is -1.07. The summed E-state index contributed by atoms with van der Waals surface area (Å²) in [6.07, 6.45) is 4.12. The van der Waals surface area contributed by atoms with Gasteiger partial charge in [-0.05, 0) is 31.9 Å². The number of urea groups is 1. The first-order valence-corrected chi connectivity index (χ1v) is 8.60. The smallest absolute Gasteiger partial charge is 0.341 e. The maximum atomic E-state index is 12.2. The number of imide groups is 1. The summed E-state index contributed by atoms with van der Waals surface area (Å²) in [6, 6.07) is 6.39. The van der Waals surface area contributed by atoms with Crippen LogP contribution >= 0.6 is 0 Å². The topological polar surface area (TPSA) is 96.5 Å². The fourth-order valence-electron chi connectivity index (χ4n) is 2.84. The molecule has 2 rings (SSSR count). The highest BCUT2D eigenvalue weighted by Crippen LogP contribution is 2.17. The Morgan fingerprint density at radius 2 is 1.80 bits per heavy atom. The van der Waals surface area contributed by atoms with E-state index in [4.69, 9.17) is 4.74 Å². The summed E-state index contributed by atoms with van der Waals surface area (Å²) in [4.78, 5) is 36.1. The molecule has 1 atom stereocenters. The van der Waals surface area contributed by atoms with Crippen LogP contribution in [0.15, 0.2) is 24.3 Å². The molecular weight excluding hydrogens is 322 g/mol. The Bertz CT molecular complexity index is 627. The monoisotopic (exact) mass is 347 g/mol. The van der Waals surface area contributed by atoms with Crippen molar-refractivity contribution in [3.8, 4) is 0 Å². The zero-order valence-electron chi connectivity index (χ0n) is 14.6. The van der Waals surface area contributed by atoms with E-state index in [0.29, 0.717) is 11.3 Å². The quantitative estimate of drug-likeness (QED) is 0.711. The predicted octanol–water partition coefficient (Wildman–Crippen LogP) is 2.43. The van der Waals surface area contributed by atoms with Crippen LogP contribution in [0.5, 0.6) is 0 Å². The number of hydrogen-bond donors (Lipinski definition) is 3. The van der Waals surface area contributed by atoms with Crippen LogP contribution in [0.4, 0.5) is 10.5 Å². The molecule has 0 aromatic heterocycles. The average Bonchev–Trinajstić information content (AvgIpc) is 2.62. The van der Waals surface area contributed by atoms with Gasteiger partial charge in [0.1, 0.15) is 0 Å². The summed E-state index contributed by atoms with van der Waals surface area (Å²) in [5.41, 5.74) is 0.937. The molecule has 1 saturated carbocycles. The number of benzene rings is 1. The van der Waals surface area contributed by atoms with Crippen molar-refractivity contribution >= 4 is 23.6 Å². The van der Waals surface area contributed by atoms with Gasteiger partial charge < -0.3 is 15.4 Å². The molecule has 25 heavy (non-hydrogen) atoms. The third kappa shape index (κ3) is 5.48. The van der Waals surface area contributed by atoms with E-state index in [2.05, 4.69) is 16.0 Å². The molecule has 1 fully saturated rings. The molecule has 1 aliphatic rings. The van der Waals surface area contributed by atoms with E-state index in [1.807, 2.05) is 0 Å². The van der Waals surface area contributed by atoms with E-state index in [0.717, 1.165) is 25.7 Å². The summed E-state index contributed by atoms with van der Waals surface area (Å²) in [6.45, 7) is 1.43. The van der Waals surface area contributed by atoms with Gasteiger partial charge in [-0.15, -0.1) is 0 Å². The second kappa shape index (κ2) is 9.05. The van der Waals surface area contributed by atoms with Crippen molar-refractivity contribution in [3.05, 3.63) is 29.8 Å². The molecule has 0 aliphatic heterocycles. The van der Waals surface area contributed by atoms with Gasteiger partial charge in [-0.1, -0.05) is 31.4 Å². The van der Waals surface area contributed by atoms with Gasteiger partial charge >= 0.3 is 12.0 Å². The lowest BCUT2D eigenvalue weighted by Crippen LogP contribution is -2.48. The van der Waals surface area contributed by atoms with Crippen LogP contribution in [0.1, 0.15) is 49.4 Å². The van der Waals surface area contributed by atoms with Gasteiger partial charge in [0.15, 0.2) is 6.10 Å². The van der Waals surface area contributed by atoms with Crippen LogP contribution in [0.2, 0.25) is 0 Å². The molecule has 7 nitrogen and oxygen atoms in total. The maximum Gasteiger partial charge on any atom is 0.341 e. The van der Waals surface area contributed by atoms with E-state index in [9.17, 15) is 14.4 Å². The Morgan fingerprint density at radius 3 is 2.48 bits per heavy atom. The number of anilines is 1. The fraction of sp³-hybridized carbons (Fsp3) is 0.500. The molecule has 1 aromatic carbocycles. The number of rotatable bonds is 5. The first-order valence-electron chi connectivity index (χ1n) is 8.60. The van der Waals surface area contributed by atoms with Gasteiger partial charge in [0.25, 0.3) is 5.91 Å². The molecule has 0 bridgehead atoms. The summed E-state index contributed by atoms with van der Waals surface area (Å²) in [5.74, 6) is -1.27. The number of esters is 1. The van der Waals surface area contributed by atoms with Crippen molar-refractivity contribution in [2.24, 2.45) is 0 Å². The van der Waals surface area contributed by atoms with Crippen molar-refractivity contribution in [1.29, 1.82) is 0 Å². The molecule has 0 heterocycles. The Kier molecular flexibility index (Phi) is 6.80. The standard InChI is InChI=1S/C18H25N3O4/c1-12(25-17(23)14-10-6-7-11-15(14)19-2)16(22)21-18(24)20-13-8-4-3-5-9-13/h6-7,10-13,19H,3-5,8-9H2,1-2H3,(H2,20,21,22,24)/t12-/m1/s1. The van der Waals surface area contributed by atoms with Crippen LogP contribution in [0.3, 0.4) is 0 Å². The molecule has 7 heteroatoms. The first kappa shape index (κ1) is 18.8. The highest BCUT2D eigenvalue weighted by molar-refractivity contribution is 6.00. The van der Waals surface area contributed by atoms with Crippen LogP contribution in [-0.4, -0.2) is 37.1 Å². The van der Waals surface area contributed by atoms with Gasteiger partial charge in [0, 0.05) is 18.8 Å². The van der Waals surface area contributed by atoms with Crippen molar-refractivity contribution in [3.63, 3.8) is 0 Å². The molecule has 3 amide bonds. The highest BCUT2D eigenvalue weighted by atomic mass is 16.5. The third-order valence-electron chi connectivity index (χ3n) is 4.25. The number of nitrogens with one attached hydrogen (secondary N) is 3. The zero-order chi connectivity index (χ0) is 18.2. The SMILES string of the molecule is CNc1ccccc1C(=O)O[C@H](C)C(=O)NC(=O)NC1CCCCC1. The highest BCUT2D eigenvalue weighted by Gasteiger charge is 2.23. The largest absolute Gasteiger partial charge is 0.449 e. The first-order chi connectivity index (χ1) is 12.0. The van der Waals surface area contributed by atoms with Crippen LogP contribution in [-0.2, 0) is 9.53 Å². The summed E-state index contributed by atoms with van der Waals surface area (Å²) >= 11 is 0. The molecule has 1 aromatic rings. The second-order valence-corrected chi connectivity index (χ2v) is 6.14. The summed E-state index contributed by atoms with van der Waals surface area (Å²) < 4.78 is 5.16. The van der Waals surface area contributed by atoms with E-state index < -0.39 is 24.0 Å². The number of para-hydroxylation sites is 1.